The summed E-state index contributed by atoms with van der Waals surface area (Å²) in [6, 6.07) is 2.97. The van der Waals surface area contributed by atoms with Gasteiger partial charge in [-0.15, -0.1) is 0 Å². The highest BCUT2D eigenvalue weighted by Crippen LogP contribution is 2.39. The normalized spacial score (nSPS) is 20.0. The van der Waals surface area contributed by atoms with E-state index < -0.39 is 12.2 Å². The Morgan fingerprint density at radius 2 is 2.10 bits per heavy atom. The summed E-state index contributed by atoms with van der Waals surface area (Å²) in [5, 5.41) is 11.0. The lowest BCUT2D eigenvalue weighted by Crippen LogP contribution is -2.42. The molecule has 0 radical (unpaired) electrons. The fourth-order valence-electron chi connectivity index (χ4n) is 3.93. The molecule has 0 aliphatic carbocycles. The molecule has 0 bridgehead atoms. The Kier molecular flexibility index (Phi) is 8.20. The topological polar surface area (TPSA) is 88.5 Å². The molecule has 2 amide bonds. The summed E-state index contributed by atoms with van der Waals surface area (Å²) < 4.78 is 16.7. The lowest BCUT2D eigenvalue weighted by Gasteiger charge is -2.25. The minimum Gasteiger partial charge on any atom is -0.493 e. The van der Waals surface area contributed by atoms with Crippen LogP contribution in [0.3, 0.4) is 0 Å². The van der Waals surface area contributed by atoms with Crippen molar-refractivity contribution in [3.05, 3.63) is 30.4 Å². The number of amides is 2. The summed E-state index contributed by atoms with van der Waals surface area (Å²) in [4.78, 5) is 29.2. The van der Waals surface area contributed by atoms with E-state index in [0.717, 1.165) is 24.6 Å². The van der Waals surface area contributed by atoms with Crippen LogP contribution in [-0.4, -0.2) is 72.9 Å². The van der Waals surface area contributed by atoms with Crippen LogP contribution in [0, 0.1) is 0 Å². The van der Waals surface area contributed by atoms with Crippen LogP contribution >= 0.6 is 15.9 Å². The summed E-state index contributed by atoms with van der Waals surface area (Å²) in [5.74, 6) is 0.638. The van der Waals surface area contributed by atoms with E-state index >= 15 is 0 Å². The molecule has 2 aliphatic rings. The van der Waals surface area contributed by atoms with Gasteiger partial charge in [-0.25, -0.2) is 4.79 Å². The molecule has 2 atom stereocenters. The number of methoxy groups -OCH3 is 1. The number of anilines is 1. The number of ether oxygens (including phenoxy) is 3. The number of rotatable bonds is 9. The van der Waals surface area contributed by atoms with E-state index in [1.165, 1.54) is 18.1 Å². The Morgan fingerprint density at radius 1 is 1.29 bits per heavy atom. The smallest absolute Gasteiger partial charge is 0.414 e. The monoisotopic (exact) mass is 496 g/mol. The number of alkyl halides is 1. The number of benzene rings is 1. The van der Waals surface area contributed by atoms with Crippen LogP contribution in [0.15, 0.2) is 24.8 Å². The lowest BCUT2D eigenvalue weighted by atomic mass is 10.1. The second kappa shape index (κ2) is 10.9. The second-order valence-corrected chi connectivity index (χ2v) is 8.39. The van der Waals surface area contributed by atoms with Gasteiger partial charge in [0.1, 0.15) is 6.61 Å². The fraction of sp³-hybridized carbons (Fsp3) is 0.545. The van der Waals surface area contributed by atoms with Gasteiger partial charge >= 0.3 is 6.09 Å². The first-order valence-electron chi connectivity index (χ1n) is 10.4. The first-order valence-corrected chi connectivity index (χ1v) is 11.6. The van der Waals surface area contributed by atoms with Gasteiger partial charge in [-0.3, -0.25) is 9.69 Å². The zero-order valence-corrected chi connectivity index (χ0v) is 19.3. The molecule has 170 valence electrons. The highest BCUT2D eigenvalue weighted by Gasteiger charge is 2.42. The summed E-state index contributed by atoms with van der Waals surface area (Å²) in [6.45, 7) is 4.59. The summed E-state index contributed by atoms with van der Waals surface area (Å²) >= 11 is 3.42. The predicted octanol–water partition coefficient (Wildman–Crippen LogP) is 3.36. The van der Waals surface area contributed by atoms with Gasteiger partial charge < -0.3 is 24.2 Å². The van der Waals surface area contributed by atoms with E-state index in [9.17, 15) is 14.7 Å². The van der Waals surface area contributed by atoms with Gasteiger partial charge in [-0.1, -0.05) is 28.6 Å². The third kappa shape index (κ3) is 5.33. The third-order valence-electron chi connectivity index (χ3n) is 5.43. The number of aliphatic hydroxyl groups is 1. The average Bonchev–Trinajstić information content (AvgIpc) is 3.10. The maximum absolute atomic E-state index is 13.3. The van der Waals surface area contributed by atoms with Gasteiger partial charge in [0.15, 0.2) is 11.5 Å². The van der Waals surface area contributed by atoms with Crippen molar-refractivity contribution >= 4 is 33.6 Å². The number of halogens is 1. The maximum Gasteiger partial charge on any atom is 0.414 e. The molecular formula is C22H29BrN2O6. The number of nitrogens with zero attached hydrogens (tertiary/aromatic N) is 2. The number of fused-ring (bicyclic) bond motifs is 2. The Hall–Kier alpha value is -2.26. The second-order valence-electron chi connectivity index (χ2n) is 7.60. The van der Waals surface area contributed by atoms with E-state index in [0.29, 0.717) is 35.8 Å². The first kappa shape index (κ1) is 23.4. The SMILES string of the molecule is C=CCOC(=O)N1C[C@@H]2C[C@@H](O)CN2C(=O)c2cc(OC)c(OCCCCCBr)cc21. The van der Waals surface area contributed by atoms with Crippen LogP contribution < -0.4 is 14.4 Å². The average molecular weight is 497 g/mol. The Balaban J connectivity index is 1.95. The molecule has 0 saturated carbocycles. The summed E-state index contributed by atoms with van der Waals surface area (Å²) in [7, 11) is 1.51. The summed E-state index contributed by atoms with van der Waals surface area (Å²) in [6.07, 6.45) is 3.66. The molecule has 3 rings (SSSR count). The first-order chi connectivity index (χ1) is 15.0. The molecule has 2 heterocycles. The molecule has 2 aliphatic heterocycles. The zero-order chi connectivity index (χ0) is 22.4. The number of carbonyl (C=O) groups excluding carboxylic acids is 2. The number of unbranched alkanes of at least 4 members (excludes halogenated alkanes) is 2. The quantitative estimate of drug-likeness (QED) is 0.320. The Labute approximate surface area is 190 Å². The molecule has 1 saturated heterocycles. The van der Waals surface area contributed by atoms with Crippen molar-refractivity contribution in [2.75, 3.05) is 43.6 Å². The fourth-order valence-corrected chi connectivity index (χ4v) is 4.33. The molecule has 1 aromatic rings. The van der Waals surface area contributed by atoms with Crippen molar-refractivity contribution in [2.45, 2.75) is 37.8 Å². The van der Waals surface area contributed by atoms with Gasteiger partial charge in [0.05, 0.1) is 37.1 Å². The van der Waals surface area contributed by atoms with E-state index in [-0.39, 0.29) is 31.6 Å². The van der Waals surface area contributed by atoms with Crippen molar-refractivity contribution < 1.29 is 28.9 Å². The predicted molar refractivity (Wildman–Crippen MR) is 120 cm³/mol. The minimum atomic E-state index is -0.620. The molecule has 0 unspecified atom stereocenters. The molecule has 1 fully saturated rings. The van der Waals surface area contributed by atoms with Gasteiger partial charge in [-0.2, -0.15) is 0 Å². The Morgan fingerprint density at radius 3 is 2.81 bits per heavy atom. The van der Waals surface area contributed by atoms with Gasteiger partial charge in [0.25, 0.3) is 5.91 Å². The number of hydrogen-bond donors (Lipinski definition) is 1. The lowest BCUT2D eigenvalue weighted by molar-refractivity contribution is 0.0726. The van der Waals surface area contributed by atoms with Crippen LogP contribution in [-0.2, 0) is 4.74 Å². The number of hydrogen-bond acceptors (Lipinski definition) is 6. The maximum atomic E-state index is 13.3. The van der Waals surface area contributed by atoms with Gasteiger partial charge in [-0.05, 0) is 31.7 Å². The molecule has 8 nitrogen and oxygen atoms in total. The van der Waals surface area contributed by atoms with Crippen molar-refractivity contribution in [1.82, 2.24) is 4.90 Å². The third-order valence-corrected chi connectivity index (χ3v) is 5.99. The van der Waals surface area contributed by atoms with E-state index in [2.05, 4.69) is 22.5 Å². The molecular weight excluding hydrogens is 468 g/mol. The zero-order valence-electron chi connectivity index (χ0n) is 17.7. The van der Waals surface area contributed by atoms with Crippen LogP contribution in [0.2, 0.25) is 0 Å². The number of aliphatic hydroxyl groups excluding tert-OH is 1. The van der Waals surface area contributed by atoms with Crippen molar-refractivity contribution in [1.29, 1.82) is 0 Å². The van der Waals surface area contributed by atoms with Crippen LogP contribution in [0.25, 0.3) is 0 Å². The van der Waals surface area contributed by atoms with Crippen LogP contribution in [0.5, 0.6) is 11.5 Å². The molecule has 1 N–H and O–H groups in total. The molecule has 9 heteroatoms. The largest absolute Gasteiger partial charge is 0.493 e. The van der Waals surface area contributed by atoms with E-state index in [1.54, 1.807) is 17.0 Å². The molecule has 0 aromatic heterocycles. The van der Waals surface area contributed by atoms with Crippen LogP contribution in [0.4, 0.5) is 10.5 Å². The molecule has 1 aromatic carbocycles. The van der Waals surface area contributed by atoms with Crippen molar-refractivity contribution in [3.8, 4) is 11.5 Å². The number of carbonyl (C=O) groups is 2. The molecule has 31 heavy (non-hydrogen) atoms. The van der Waals surface area contributed by atoms with E-state index in [4.69, 9.17) is 14.2 Å². The standard InChI is InChI=1S/C22H29BrN2O6/c1-3-8-31-22(28)25-13-15-10-16(26)14-24(15)21(27)17-11-19(29-2)20(12-18(17)25)30-9-6-4-5-7-23/h3,11-12,15-16,26H,1,4-10,13-14H2,2H3/t15-,16+/m0/s1. The van der Waals surface area contributed by atoms with Crippen LogP contribution in [0.1, 0.15) is 36.0 Å². The minimum absolute atomic E-state index is 0.0582. The molecule has 0 spiro atoms. The Bertz CT molecular complexity index is 817. The van der Waals surface area contributed by atoms with Crippen molar-refractivity contribution in [2.24, 2.45) is 0 Å². The van der Waals surface area contributed by atoms with Gasteiger partial charge in [0, 0.05) is 24.5 Å². The van der Waals surface area contributed by atoms with E-state index in [1.807, 2.05) is 0 Å². The van der Waals surface area contributed by atoms with Gasteiger partial charge in [0.2, 0.25) is 0 Å². The highest BCUT2D eigenvalue weighted by molar-refractivity contribution is 9.09. The highest BCUT2D eigenvalue weighted by atomic mass is 79.9. The van der Waals surface area contributed by atoms with Crippen molar-refractivity contribution in [3.63, 3.8) is 0 Å². The summed E-state index contributed by atoms with van der Waals surface area (Å²) in [5.41, 5.74) is 0.731.